The van der Waals surface area contributed by atoms with Crippen molar-refractivity contribution in [3.8, 4) is 11.8 Å². The summed E-state index contributed by atoms with van der Waals surface area (Å²) >= 11 is 0. The Bertz CT molecular complexity index is 617. The number of carbonyl (C=O) groups excluding carboxylic acids is 1. The first-order valence-corrected chi connectivity index (χ1v) is 5.51. The molecule has 1 heterocycles. The van der Waals surface area contributed by atoms with E-state index in [-0.39, 0.29) is 5.56 Å². The molecule has 0 bridgehead atoms. The third kappa shape index (κ3) is 2.53. The Morgan fingerprint density at radius 2 is 1.70 bits per heavy atom. The van der Waals surface area contributed by atoms with Crippen molar-refractivity contribution >= 4 is 5.97 Å². The van der Waals surface area contributed by atoms with E-state index in [0.717, 1.165) is 12.1 Å². The summed E-state index contributed by atoms with van der Waals surface area (Å²) in [5.74, 6) is -2.33. The highest BCUT2D eigenvalue weighted by atomic mass is 16.7. The highest BCUT2D eigenvalue weighted by Crippen LogP contribution is 2.22. The fourth-order valence-corrected chi connectivity index (χ4v) is 1.61. The van der Waals surface area contributed by atoms with Crippen molar-refractivity contribution in [3.05, 3.63) is 58.1 Å². The SMILES string of the molecule is O=C(On1c(O)ccc1O)C(c1ccccc1)[N+](=O)[O-]. The predicted molar refractivity (Wildman–Crippen MR) is 65.5 cm³/mol. The van der Waals surface area contributed by atoms with E-state index in [1.807, 2.05) is 0 Å². The third-order valence-electron chi connectivity index (χ3n) is 2.53. The number of carbonyl (C=O) groups is 1. The maximum absolute atomic E-state index is 11.9. The quantitative estimate of drug-likeness (QED) is 0.633. The van der Waals surface area contributed by atoms with Crippen LogP contribution in [0.3, 0.4) is 0 Å². The smallest absolute Gasteiger partial charge is 0.412 e. The number of aromatic nitrogens is 1. The van der Waals surface area contributed by atoms with Crippen molar-refractivity contribution in [2.75, 3.05) is 0 Å². The Morgan fingerprint density at radius 3 is 2.20 bits per heavy atom. The molecule has 2 rings (SSSR count). The van der Waals surface area contributed by atoms with Crippen LogP contribution in [0.5, 0.6) is 11.8 Å². The molecular formula is C12H10N2O6. The lowest BCUT2D eigenvalue weighted by molar-refractivity contribution is -0.516. The van der Waals surface area contributed by atoms with Crippen LogP contribution in [0.4, 0.5) is 0 Å². The fourth-order valence-electron chi connectivity index (χ4n) is 1.61. The first-order valence-electron chi connectivity index (χ1n) is 5.51. The summed E-state index contributed by atoms with van der Waals surface area (Å²) in [4.78, 5) is 26.7. The Balaban J connectivity index is 2.28. The highest BCUT2D eigenvalue weighted by Gasteiger charge is 2.35. The molecule has 1 aromatic carbocycles. The second kappa shape index (κ2) is 5.31. The van der Waals surface area contributed by atoms with Crippen LogP contribution in [0, 0.1) is 10.1 Å². The maximum atomic E-state index is 11.9. The zero-order valence-electron chi connectivity index (χ0n) is 10.0. The van der Waals surface area contributed by atoms with Crippen LogP contribution in [-0.4, -0.2) is 25.8 Å². The molecule has 0 spiro atoms. The largest absolute Gasteiger partial charge is 0.492 e. The van der Waals surface area contributed by atoms with Crippen LogP contribution >= 0.6 is 0 Å². The zero-order chi connectivity index (χ0) is 14.7. The van der Waals surface area contributed by atoms with Crippen LogP contribution < -0.4 is 4.84 Å². The zero-order valence-corrected chi connectivity index (χ0v) is 10.0. The second-order valence-corrected chi connectivity index (χ2v) is 3.85. The molecule has 0 saturated heterocycles. The molecule has 8 heteroatoms. The second-order valence-electron chi connectivity index (χ2n) is 3.85. The van der Waals surface area contributed by atoms with E-state index in [1.165, 1.54) is 12.1 Å². The van der Waals surface area contributed by atoms with Gasteiger partial charge in [0.15, 0.2) is 0 Å². The molecule has 104 valence electrons. The Morgan fingerprint density at radius 1 is 1.15 bits per heavy atom. The normalized spacial score (nSPS) is 11.8. The molecule has 2 N–H and O–H groups in total. The summed E-state index contributed by atoms with van der Waals surface area (Å²) in [5, 5.41) is 29.7. The van der Waals surface area contributed by atoms with Crippen LogP contribution in [0.15, 0.2) is 42.5 Å². The van der Waals surface area contributed by atoms with Crippen molar-refractivity contribution in [3.63, 3.8) is 0 Å². The summed E-state index contributed by atoms with van der Waals surface area (Å²) in [7, 11) is 0. The van der Waals surface area contributed by atoms with Crippen LogP contribution in [0.25, 0.3) is 0 Å². The molecule has 0 aliphatic rings. The summed E-state index contributed by atoms with van der Waals surface area (Å²) in [5.41, 5.74) is 0.133. The number of rotatable bonds is 4. The lowest BCUT2D eigenvalue weighted by atomic mass is 10.1. The summed E-state index contributed by atoms with van der Waals surface area (Å²) in [6, 6.07) is 7.95. The number of benzene rings is 1. The predicted octanol–water partition coefficient (Wildman–Crippen LogP) is 0.872. The van der Waals surface area contributed by atoms with E-state index < -0.39 is 28.7 Å². The average molecular weight is 278 g/mol. The van der Waals surface area contributed by atoms with Gasteiger partial charge in [-0.2, -0.15) is 0 Å². The molecule has 0 saturated carbocycles. The third-order valence-corrected chi connectivity index (χ3v) is 2.53. The fraction of sp³-hybridized carbons (Fsp3) is 0.0833. The summed E-state index contributed by atoms with van der Waals surface area (Å²) in [6.07, 6.45) is 0. The summed E-state index contributed by atoms with van der Waals surface area (Å²) in [6.45, 7) is 0. The molecule has 1 atom stereocenters. The minimum atomic E-state index is -1.75. The Labute approximate surface area is 112 Å². The standard InChI is InChI=1S/C12H10N2O6/c15-9-6-7-10(16)13(9)20-12(17)11(14(18)19)8-4-2-1-3-5-8/h1-7,11,15-16H. The van der Waals surface area contributed by atoms with Crippen LogP contribution in [0.1, 0.15) is 11.6 Å². The van der Waals surface area contributed by atoms with Gasteiger partial charge in [-0.15, -0.1) is 4.73 Å². The highest BCUT2D eigenvalue weighted by molar-refractivity contribution is 5.76. The molecule has 1 aromatic heterocycles. The van der Waals surface area contributed by atoms with Crippen LogP contribution in [-0.2, 0) is 4.79 Å². The van der Waals surface area contributed by atoms with E-state index in [1.54, 1.807) is 18.2 Å². The van der Waals surface area contributed by atoms with Gasteiger partial charge in [0, 0.05) is 22.6 Å². The van der Waals surface area contributed by atoms with Crippen molar-refractivity contribution < 1.29 is 24.8 Å². The van der Waals surface area contributed by atoms with E-state index in [2.05, 4.69) is 4.84 Å². The van der Waals surface area contributed by atoms with Crippen molar-refractivity contribution in [1.82, 2.24) is 4.73 Å². The van der Waals surface area contributed by atoms with Gasteiger partial charge in [-0.1, -0.05) is 30.3 Å². The number of hydrogen-bond donors (Lipinski definition) is 2. The average Bonchev–Trinajstić information content (AvgIpc) is 2.71. The number of nitrogens with zero attached hydrogens (tertiary/aromatic N) is 2. The van der Waals surface area contributed by atoms with E-state index in [0.29, 0.717) is 4.73 Å². The molecule has 8 nitrogen and oxygen atoms in total. The topological polar surface area (TPSA) is 115 Å². The molecule has 0 aliphatic heterocycles. The molecule has 0 aliphatic carbocycles. The molecule has 0 fully saturated rings. The van der Waals surface area contributed by atoms with Gasteiger partial charge >= 0.3 is 12.0 Å². The minimum Gasteiger partial charge on any atom is -0.492 e. The molecule has 0 radical (unpaired) electrons. The monoisotopic (exact) mass is 278 g/mol. The van der Waals surface area contributed by atoms with E-state index >= 15 is 0 Å². The van der Waals surface area contributed by atoms with Gasteiger partial charge in [0.25, 0.3) is 0 Å². The van der Waals surface area contributed by atoms with E-state index in [4.69, 9.17) is 0 Å². The molecule has 20 heavy (non-hydrogen) atoms. The van der Waals surface area contributed by atoms with Gasteiger partial charge in [0.05, 0.1) is 0 Å². The number of nitro groups is 1. The molecule has 2 aromatic rings. The van der Waals surface area contributed by atoms with Gasteiger partial charge in [-0.3, -0.25) is 10.1 Å². The molecule has 0 amide bonds. The lowest BCUT2D eigenvalue weighted by Gasteiger charge is -2.10. The number of aromatic hydroxyl groups is 2. The van der Waals surface area contributed by atoms with Crippen molar-refractivity contribution in [2.45, 2.75) is 6.04 Å². The lowest BCUT2D eigenvalue weighted by Crippen LogP contribution is -2.30. The van der Waals surface area contributed by atoms with E-state index in [9.17, 15) is 25.1 Å². The Hall–Kier alpha value is -3.03. The maximum Gasteiger partial charge on any atom is 0.412 e. The number of hydrogen-bond acceptors (Lipinski definition) is 6. The van der Waals surface area contributed by atoms with Crippen molar-refractivity contribution in [1.29, 1.82) is 0 Å². The van der Waals surface area contributed by atoms with Gasteiger partial charge in [0.1, 0.15) is 0 Å². The molecular weight excluding hydrogens is 268 g/mol. The van der Waals surface area contributed by atoms with Gasteiger partial charge in [-0.25, -0.2) is 4.79 Å². The van der Waals surface area contributed by atoms with Gasteiger partial charge in [-0.05, 0) is 0 Å². The first kappa shape index (κ1) is 13.4. The van der Waals surface area contributed by atoms with Crippen LogP contribution in [0.2, 0.25) is 0 Å². The first-order chi connectivity index (χ1) is 9.50. The Kier molecular flexibility index (Phi) is 3.56. The minimum absolute atomic E-state index is 0.133. The van der Waals surface area contributed by atoms with Crippen molar-refractivity contribution in [2.24, 2.45) is 0 Å². The van der Waals surface area contributed by atoms with Gasteiger partial charge < -0.3 is 15.1 Å². The molecule has 1 unspecified atom stereocenters. The summed E-state index contributed by atoms with van der Waals surface area (Å²) < 4.78 is 0.405. The van der Waals surface area contributed by atoms with Gasteiger partial charge in [0.2, 0.25) is 11.8 Å².